The van der Waals surface area contributed by atoms with E-state index in [0.717, 1.165) is 5.56 Å². The van der Waals surface area contributed by atoms with Crippen molar-refractivity contribution in [2.75, 3.05) is 25.0 Å². The molecular weight excluding hydrogens is 368 g/mol. The smallest absolute Gasteiger partial charge is 0.410 e. The Morgan fingerprint density at radius 1 is 1.19 bits per heavy atom. The minimum Gasteiger partial charge on any atom is -0.445 e. The van der Waals surface area contributed by atoms with Crippen molar-refractivity contribution in [2.24, 2.45) is 5.92 Å². The molecule has 7 nitrogen and oxygen atoms in total. The van der Waals surface area contributed by atoms with Crippen LogP contribution in [0.2, 0.25) is 5.15 Å². The molecule has 2 aromatic rings. The molecule has 0 atom stereocenters. The summed E-state index contributed by atoms with van der Waals surface area (Å²) in [7, 11) is 1.64. The van der Waals surface area contributed by atoms with Crippen molar-refractivity contribution in [3.05, 3.63) is 53.4 Å². The van der Waals surface area contributed by atoms with Crippen molar-refractivity contribution >= 4 is 29.4 Å². The highest BCUT2D eigenvalue weighted by molar-refractivity contribution is 6.32. The Balaban J connectivity index is 1.50. The summed E-state index contributed by atoms with van der Waals surface area (Å²) in [6.07, 6.45) is 3.76. The number of carbonyl (C=O) groups excluding carboxylic acids is 2. The van der Waals surface area contributed by atoms with Crippen LogP contribution in [0.3, 0.4) is 0 Å². The molecule has 2 heterocycles. The van der Waals surface area contributed by atoms with Gasteiger partial charge in [0.2, 0.25) is 5.91 Å². The number of amides is 2. The number of carbonyl (C=O) groups is 2. The van der Waals surface area contributed by atoms with Crippen molar-refractivity contribution in [2.45, 2.75) is 19.4 Å². The minimum absolute atomic E-state index is 0.0743. The van der Waals surface area contributed by atoms with Gasteiger partial charge in [0.25, 0.3) is 0 Å². The molecule has 27 heavy (non-hydrogen) atoms. The van der Waals surface area contributed by atoms with Gasteiger partial charge in [-0.25, -0.2) is 14.8 Å². The van der Waals surface area contributed by atoms with E-state index in [1.54, 1.807) is 11.9 Å². The molecule has 0 spiro atoms. The molecule has 1 fully saturated rings. The topological polar surface area (TPSA) is 75.6 Å². The van der Waals surface area contributed by atoms with E-state index >= 15 is 0 Å². The first-order chi connectivity index (χ1) is 13.1. The lowest BCUT2D eigenvalue weighted by atomic mass is 9.95. The summed E-state index contributed by atoms with van der Waals surface area (Å²) in [6.45, 7) is 1.20. The third kappa shape index (κ3) is 4.74. The molecule has 1 aliphatic heterocycles. The lowest BCUT2D eigenvalue weighted by molar-refractivity contribution is -0.123. The fourth-order valence-electron chi connectivity index (χ4n) is 3.04. The summed E-state index contributed by atoms with van der Waals surface area (Å²) in [5.74, 6) is 0.0785. The van der Waals surface area contributed by atoms with Crippen molar-refractivity contribution < 1.29 is 14.3 Å². The summed E-state index contributed by atoms with van der Waals surface area (Å²) in [6, 6.07) is 9.54. The summed E-state index contributed by atoms with van der Waals surface area (Å²) < 4.78 is 5.35. The van der Waals surface area contributed by atoms with Crippen LogP contribution in [0, 0.1) is 5.92 Å². The average molecular weight is 389 g/mol. The third-order valence-corrected chi connectivity index (χ3v) is 4.86. The largest absolute Gasteiger partial charge is 0.445 e. The first-order valence-electron chi connectivity index (χ1n) is 8.76. The molecule has 0 radical (unpaired) electrons. The van der Waals surface area contributed by atoms with E-state index in [2.05, 4.69) is 9.97 Å². The van der Waals surface area contributed by atoms with E-state index in [-0.39, 0.29) is 29.7 Å². The number of nitrogens with zero attached hydrogens (tertiary/aromatic N) is 4. The zero-order valence-corrected chi connectivity index (χ0v) is 15.8. The maximum atomic E-state index is 12.7. The fraction of sp³-hybridized carbons (Fsp3) is 0.368. The van der Waals surface area contributed by atoms with Gasteiger partial charge in [-0.15, -0.1) is 0 Å². The number of rotatable bonds is 4. The van der Waals surface area contributed by atoms with E-state index in [1.165, 1.54) is 17.3 Å². The van der Waals surface area contributed by atoms with Gasteiger partial charge in [-0.1, -0.05) is 41.9 Å². The van der Waals surface area contributed by atoms with Gasteiger partial charge in [-0.05, 0) is 18.4 Å². The second kappa shape index (κ2) is 8.81. The van der Waals surface area contributed by atoms with Crippen LogP contribution in [0.1, 0.15) is 18.4 Å². The van der Waals surface area contributed by atoms with Crippen LogP contribution in [0.25, 0.3) is 0 Å². The first-order valence-corrected chi connectivity index (χ1v) is 9.13. The number of benzene rings is 1. The minimum atomic E-state index is -0.352. The highest BCUT2D eigenvalue weighted by Crippen LogP contribution is 2.25. The van der Waals surface area contributed by atoms with Crippen LogP contribution in [0.5, 0.6) is 0 Å². The Bertz CT molecular complexity index is 795. The highest BCUT2D eigenvalue weighted by atomic mass is 35.5. The summed E-state index contributed by atoms with van der Waals surface area (Å²) >= 11 is 6.02. The molecule has 8 heteroatoms. The molecule has 1 aromatic carbocycles. The second-order valence-corrected chi connectivity index (χ2v) is 6.73. The molecule has 0 N–H and O–H groups in total. The third-order valence-electron chi connectivity index (χ3n) is 4.59. The molecule has 1 aliphatic rings. The Kier molecular flexibility index (Phi) is 6.24. The zero-order chi connectivity index (χ0) is 19.2. The van der Waals surface area contributed by atoms with Crippen molar-refractivity contribution in [1.29, 1.82) is 0 Å². The van der Waals surface area contributed by atoms with Crippen molar-refractivity contribution in [3.63, 3.8) is 0 Å². The van der Waals surface area contributed by atoms with Gasteiger partial charge < -0.3 is 9.64 Å². The highest BCUT2D eigenvalue weighted by Gasteiger charge is 2.31. The maximum absolute atomic E-state index is 12.7. The van der Waals surface area contributed by atoms with Gasteiger partial charge in [-0.3, -0.25) is 9.69 Å². The quantitative estimate of drug-likeness (QED) is 0.804. The molecule has 1 saturated heterocycles. The molecule has 1 aromatic heterocycles. The second-order valence-electron chi connectivity index (χ2n) is 6.37. The van der Waals surface area contributed by atoms with Gasteiger partial charge in [-0.2, -0.15) is 0 Å². The van der Waals surface area contributed by atoms with Crippen LogP contribution >= 0.6 is 11.6 Å². The lowest BCUT2D eigenvalue weighted by Crippen LogP contribution is -2.44. The van der Waals surface area contributed by atoms with Gasteiger partial charge in [0.1, 0.15) is 6.61 Å². The average Bonchev–Trinajstić information content (AvgIpc) is 2.72. The number of anilines is 1. The van der Waals surface area contributed by atoms with E-state index in [1.807, 2.05) is 30.3 Å². The summed E-state index contributed by atoms with van der Waals surface area (Å²) in [4.78, 5) is 36.1. The first kappa shape index (κ1) is 19.1. The number of piperidine rings is 1. The van der Waals surface area contributed by atoms with Crippen molar-refractivity contribution in [1.82, 2.24) is 14.9 Å². The van der Waals surface area contributed by atoms with E-state index in [4.69, 9.17) is 16.3 Å². The van der Waals surface area contributed by atoms with Crippen LogP contribution in [0.4, 0.5) is 10.6 Å². The molecule has 0 unspecified atom stereocenters. The molecule has 0 bridgehead atoms. The zero-order valence-electron chi connectivity index (χ0n) is 15.0. The molecule has 0 saturated carbocycles. The molecule has 0 aliphatic carbocycles. The van der Waals surface area contributed by atoms with Crippen LogP contribution < -0.4 is 4.90 Å². The van der Waals surface area contributed by atoms with Crippen LogP contribution in [-0.2, 0) is 16.1 Å². The Labute approximate surface area is 162 Å². The van der Waals surface area contributed by atoms with E-state index in [0.29, 0.717) is 31.7 Å². The number of halogens is 1. The summed E-state index contributed by atoms with van der Waals surface area (Å²) in [5.41, 5.74) is 0.943. The molecule has 142 valence electrons. The Hall–Kier alpha value is -2.67. The SMILES string of the molecule is CN(C(=O)C1CCN(C(=O)OCc2ccccc2)CC1)c1nccnc1Cl. The fourth-order valence-corrected chi connectivity index (χ4v) is 3.27. The van der Waals surface area contributed by atoms with Gasteiger partial charge in [0.15, 0.2) is 11.0 Å². The van der Waals surface area contributed by atoms with Gasteiger partial charge in [0.05, 0.1) is 0 Å². The number of hydrogen-bond acceptors (Lipinski definition) is 5. The summed E-state index contributed by atoms with van der Waals surface area (Å²) in [5, 5.41) is 0.190. The van der Waals surface area contributed by atoms with E-state index in [9.17, 15) is 9.59 Å². The van der Waals surface area contributed by atoms with Gasteiger partial charge in [0, 0.05) is 38.4 Å². The normalized spacial score (nSPS) is 14.7. The number of hydrogen-bond donors (Lipinski definition) is 0. The van der Waals surface area contributed by atoms with E-state index < -0.39 is 0 Å². The lowest BCUT2D eigenvalue weighted by Gasteiger charge is -2.32. The van der Waals surface area contributed by atoms with Crippen LogP contribution in [0.15, 0.2) is 42.7 Å². The number of aromatic nitrogens is 2. The Morgan fingerprint density at radius 3 is 2.52 bits per heavy atom. The maximum Gasteiger partial charge on any atom is 0.410 e. The monoisotopic (exact) mass is 388 g/mol. The molecule has 3 rings (SSSR count). The number of likely N-dealkylation sites (tertiary alicyclic amines) is 1. The predicted octanol–water partition coefficient (Wildman–Crippen LogP) is 3.14. The molecule has 2 amide bonds. The number of ether oxygens (including phenoxy) is 1. The molecular formula is C19H21ClN4O3. The standard InChI is InChI=1S/C19H21ClN4O3/c1-23(17-16(20)21-9-10-22-17)18(25)15-7-11-24(12-8-15)19(26)27-13-14-5-3-2-4-6-14/h2-6,9-10,15H,7-8,11-13H2,1H3. The van der Waals surface area contributed by atoms with Crippen LogP contribution in [-0.4, -0.2) is 47.0 Å². The van der Waals surface area contributed by atoms with Crippen molar-refractivity contribution in [3.8, 4) is 0 Å². The predicted molar refractivity (Wildman–Crippen MR) is 101 cm³/mol. The Morgan fingerprint density at radius 2 is 1.85 bits per heavy atom. The van der Waals surface area contributed by atoms with Gasteiger partial charge >= 0.3 is 6.09 Å².